The van der Waals surface area contributed by atoms with Crippen molar-refractivity contribution in [2.24, 2.45) is 0 Å². The van der Waals surface area contributed by atoms with Crippen LogP contribution in [0, 0.1) is 23.2 Å². The normalized spacial score (nSPS) is 8.08. The summed E-state index contributed by atoms with van der Waals surface area (Å²) in [4.78, 5) is 0. The van der Waals surface area contributed by atoms with E-state index in [0.29, 0.717) is 5.02 Å². The minimum atomic E-state index is 0.637. The van der Waals surface area contributed by atoms with Crippen LogP contribution in [0.2, 0.25) is 5.02 Å². The second-order valence-electron chi connectivity index (χ2n) is 1.99. The molecule has 1 aromatic carbocycles. The molecule has 0 aliphatic heterocycles. The van der Waals surface area contributed by atoms with Crippen molar-refractivity contribution in [3.63, 3.8) is 0 Å². The van der Waals surface area contributed by atoms with Crippen molar-refractivity contribution < 1.29 is 0 Å². The van der Waals surface area contributed by atoms with Crippen LogP contribution in [0.25, 0.3) is 0 Å². The third-order valence-corrected chi connectivity index (χ3v) is 2.40. The van der Waals surface area contributed by atoms with Crippen molar-refractivity contribution in [2.45, 2.75) is 0 Å². The Morgan fingerprint density at radius 1 is 1.42 bits per heavy atom. The topological polar surface area (TPSA) is 23.8 Å². The van der Waals surface area contributed by atoms with E-state index in [1.807, 2.05) is 0 Å². The Balaban J connectivity index is 3.07. The molecule has 0 spiro atoms. The van der Waals surface area contributed by atoms with Gasteiger partial charge in [-0.25, -0.2) is 0 Å². The third kappa shape index (κ3) is 2.27. The van der Waals surface area contributed by atoms with Gasteiger partial charge in [-0.1, -0.05) is 17.5 Å². The van der Waals surface area contributed by atoms with Crippen LogP contribution in [-0.2, 0) is 0 Å². The Morgan fingerprint density at radius 3 is 2.75 bits per heavy atom. The maximum Gasteiger partial charge on any atom is 0.152 e. The van der Waals surface area contributed by atoms with Crippen LogP contribution in [0.3, 0.4) is 0 Å². The lowest BCUT2D eigenvalue weighted by atomic mass is 10.2. The Kier molecular flexibility index (Phi) is 3.17. The second-order valence-corrected chi connectivity index (χ2v) is 3.25. The van der Waals surface area contributed by atoms with Gasteiger partial charge in [0.15, 0.2) is 6.07 Å². The molecule has 0 unspecified atom stereocenters. The van der Waals surface area contributed by atoms with Crippen molar-refractivity contribution in [3.8, 4) is 17.9 Å². The zero-order valence-corrected chi connectivity index (χ0v) is 8.28. The van der Waals surface area contributed by atoms with E-state index in [4.69, 9.17) is 16.9 Å². The molecule has 58 valence electrons. The molecule has 0 N–H and O–H groups in total. The van der Waals surface area contributed by atoms with Crippen LogP contribution in [0.15, 0.2) is 22.7 Å². The lowest BCUT2D eigenvalue weighted by Crippen LogP contribution is -1.74. The highest BCUT2D eigenvalue weighted by Gasteiger charge is 1.95. The highest BCUT2D eigenvalue weighted by Crippen LogP contribution is 2.22. The number of nitriles is 1. The van der Waals surface area contributed by atoms with Gasteiger partial charge < -0.3 is 0 Å². The fourth-order valence-electron chi connectivity index (χ4n) is 0.674. The van der Waals surface area contributed by atoms with E-state index >= 15 is 0 Å². The summed E-state index contributed by atoms with van der Waals surface area (Å²) in [5.41, 5.74) is 0.771. The van der Waals surface area contributed by atoms with Gasteiger partial charge in [0.05, 0.1) is 5.02 Å². The molecule has 0 saturated carbocycles. The summed E-state index contributed by atoms with van der Waals surface area (Å²) in [6, 6.07) is 7.00. The monoisotopic (exact) mass is 239 g/mol. The molecule has 1 nitrogen and oxygen atoms in total. The fraction of sp³-hybridized carbons (Fsp3) is 0. The zero-order chi connectivity index (χ0) is 8.97. The minimum Gasteiger partial charge on any atom is -0.183 e. The summed E-state index contributed by atoms with van der Waals surface area (Å²) in [5.74, 6) is 4.97. The Hall–Kier alpha value is -0.960. The fourth-order valence-corrected chi connectivity index (χ4v) is 1.17. The summed E-state index contributed by atoms with van der Waals surface area (Å²) in [7, 11) is 0. The predicted molar refractivity (Wildman–Crippen MR) is 51.6 cm³/mol. The summed E-state index contributed by atoms with van der Waals surface area (Å²) in [6.07, 6.45) is 0. The van der Waals surface area contributed by atoms with Gasteiger partial charge in [-0.3, -0.25) is 0 Å². The van der Waals surface area contributed by atoms with E-state index in [-0.39, 0.29) is 0 Å². The molecule has 3 heteroatoms. The number of benzene rings is 1. The maximum atomic E-state index is 8.19. The van der Waals surface area contributed by atoms with Gasteiger partial charge >= 0.3 is 0 Å². The van der Waals surface area contributed by atoms with Crippen LogP contribution in [0.1, 0.15) is 5.56 Å². The summed E-state index contributed by atoms with van der Waals surface area (Å²) in [6.45, 7) is 0. The van der Waals surface area contributed by atoms with E-state index in [9.17, 15) is 0 Å². The van der Waals surface area contributed by atoms with Crippen molar-refractivity contribution >= 4 is 27.5 Å². The molecule has 0 radical (unpaired) electrons. The lowest BCUT2D eigenvalue weighted by molar-refractivity contribution is 1.54. The van der Waals surface area contributed by atoms with Crippen molar-refractivity contribution in [1.29, 1.82) is 5.26 Å². The largest absolute Gasteiger partial charge is 0.183 e. The maximum absolute atomic E-state index is 8.19. The molecule has 0 bridgehead atoms. The van der Waals surface area contributed by atoms with Crippen LogP contribution < -0.4 is 0 Å². The van der Waals surface area contributed by atoms with E-state index in [1.54, 1.807) is 24.3 Å². The number of hydrogen-bond acceptors (Lipinski definition) is 1. The summed E-state index contributed by atoms with van der Waals surface area (Å²) >= 11 is 9.01. The van der Waals surface area contributed by atoms with Gasteiger partial charge in [0, 0.05) is 16.0 Å². The minimum absolute atomic E-state index is 0.637. The first-order valence-electron chi connectivity index (χ1n) is 3.09. The SMILES string of the molecule is N#CC#Cc1ccc(Cl)c(Br)c1. The highest BCUT2D eigenvalue weighted by molar-refractivity contribution is 9.10. The average molecular weight is 240 g/mol. The molecule has 0 heterocycles. The molecule has 1 rings (SSSR count). The van der Waals surface area contributed by atoms with Crippen LogP contribution in [0.4, 0.5) is 0 Å². The predicted octanol–water partition coefficient (Wildman–Crippen LogP) is 2.98. The third-order valence-electron chi connectivity index (χ3n) is 1.18. The standard InChI is InChI=1S/C9H3BrClN/c10-8-6-7(2-1-5-12)3-4-9(8)11/h3-4,6H. The molecular weight excluding hydrogens is 237 g/mol. The smallest absolute Gasteiger partial charge is 0.152 e. The van der Waals surface area contributed by atoms with Gasteiger partial charge in [-0.05, 0) is 34.1 Å². The van der Waals surface area contributed by atoms with E-state index in [1.165, 1.54) is 0 Å². The molecular formula is C9H3BrClN. The number of rotatable bonds is 0. The van der Waals surface area contributed by atoms with Gasteiger partial charge in [-0.2, -0.15) is 5.26 Å². The zero-order valence-electron chi connectivity index (χ0n) is 5.94. The van der Waals surface area contributed by atoms with Crippen LogP contribution in [0.5, 0.6) is 0 Å². The first-order valence-corrected chi connectivity index (χ1v) is 4.26. The van der Waals surface area contributed by atoms with Crippen LogP contribution in [-0.4, -0.2) is 0 Å². The number of nitrogens with zero attached hydrogens (tertiary/aromatic N) is 1. The summed E-state index contributed by atoms with van der Waals surface area (Å²) in [5, 5.41) is 8.83. The van der Waals surface area contributed by atoms with Crippen molar-refractivity contribution in [3.05, 3.63) is 33.3 Å². The molecule has 0 amide bonds. The number of hydrogen-bond donors (Lipinski definition) is 0. The number of halogens is 2. The molecule has 0 fully saturated rings. The molecule has 0 saturated heterocycles. The first kappa shape index (κ1) is 9.13. The lowest BCUT2D eigenvalue weighted by Gasteiger charge is -1.94. The van der Waals surface area contributed by atoms with Crippen molar-refractivity contribution in [2.75, 3.05) is 0 Å². The Morgan fingerprint density at radius 2 is 2.17 bits per heavy atom. The van der Waals surface area contributed by atoms with Gasteiger partial charge in [0.1, 0.15) is 0 Å². The van der Waals surface area contributed by atoms with Crippen LogP contribution >= 0.6 is 27.5 Å². The quantitative estimate of drug-likeness (QED) is 0.640. The van der Waals surface area contributed by atoms with Gasteiger partial charge in [0.2, 0.25) is 0 Å². The average Bonchev–Trinajstić information content (AvgIpc) is 2.07. The first-order chi connectivity index (χ1) is 5.74. The summed E-state index contributed by atoms with van der Waals surface area (Å²) < 4.78 is 0.786. The Bertz CT molecular complexity index is 395. The molecule has 0 atom stereocenters. The van der Waals surface area contributed by atoms with Crippen molar-refractivity contribution in [1.82, 2.24) is 0 Å². The van der Waals surface area contributed by atoms with E-state index in [0.717, 1.165) is 10.0 Å². The van der Waals surface area contributed by atoms with E-state index < -0.39 is 0 Å². The highest BCUT2D eigenvalue weighted by atomic mass is 79.9. The molecule has 0 aliphatic carbocycles. The molecule has 0 aromatic heterocycles. The van der Waals surface area contributed by atoms with Gasteiger partial charge in [-0.15, -0.1) is 0 Å². The Labute approximate surface area is 84.1 Å². The van der Waals surface area contributed by atoms with Gasteiger partial charge in [0.25, 0.3) is 0 Å². The molecule has 12 heavy (non-hydrogen) atoms. The molecule has 0 aliphatic rings. The second kappa shape index (κ2) is 4.16. The molecule has 1 aromatic rings. The van der Waals surface area contributed by atoms with E-state index in [2.05, 4.69) is 27.8 Å².